The number of ketones is 1. The molecule has 1 aromatic heterocycles. The van der Waals surface area contributed by atoms with Crippen LogP contribution < -0.4 is 10.9 Å². The van der Waals surface area contributed by atoms with Crippen LogP contribution in [0.25, 0.3) is 0 Å². The Balaban J connectivity index is 1.57. The smallest absolute Gasteiger partial charge is 0.257 e. The second-order valence-corrected chi connectivity index (χ2v) is 8.51. The Morgan fingerprint density at radius 1 is 0.967 bits per heavy atom. The van der Waals surface area contributed by atoms with Gasteiger partial charge in [-0.15, -0.1) is 0 Å². The Kier molecular flexibility index (Phi) is 5.01. The minimum Gasteiger partial charge on any atom is -0.343 e. The molecule has 0 spiro atoms. The van der Waals surface area contributed by atoms with Gasteiger partial charge in [-0.05, 0) is 24.0 Å². The second kappa shape index (κ2) is 7.95. The van der Waals surface area contributed by atoms with E-state index in [0.29, 0.717) is 23.0 Å². The minimum atomic E-state index is -0.380. The van der Waals surface area contributed by atoms with Crippen molar-refractivity contribution in [2.24, 2.45) is 0 Å². The number of Topliss-reactive ketones (excluding diaryl/α,β-unsaturated/α-hetero) is 1. The molecule has 0 bridgehead atoms. The largest absolute Gasteiger partial charge is 0.343 e. The van der Waals surface area contributed by atoms with E-state index in [9.17, 15) is 9.59 Å². The maximum absolute atomic E-state index is 13.2. The lowest BCUT2D eigenvalue weighted by molar-refractivity contribution is -0.116. The first-order valence-corrected chi connectivity index (χ1v) is 11.1. The van der Waals surface area contributed by atoms with Crippen LogP contribution in [0, 0.1) is 0 Å². The molecule has 0 saturated heterocycles. The van der Waals surface area contributed by atoms with Crippen molar-refractivity contribution in [1.82, 2.24) is 9.97 Å². The Morgan fingerprint density at radius 2 is 1.70 bits per heavy atom. The summed E-state index contributed by atoms with van der Waals surface area (Å²) in [5.41, 5.74) is 4.07. The number of aromatic amines is 1. The van der Waals surface area contributed by atoms with Crippen molar-refractivity contribution in [2.45, 2.75) is 36.1 Å². The number of benzene rings is 2. The molecule has 2 N–H and O–H groups in total. The summed E-state index contributed by atoms with van der Waals surface area (Å²) in [4.78, 5) is 33.7. The van der Waals surface area contributed by atoms with E-state index in [2.05, 4.69) is 22.4 Å². The number of thioether (sulfide) groups is 1. The zero-order valence-electron chi connectivity index (χ0n) is 16.4. The third kappa shape index (κ3) is 3.48. The molecule has 0 unspecified atom stereocenters. The van der Waals surface area contributed by atoms with E-state index < -0.39 is 0 Å². The molecule has 150 valence electrons. The molecule has 0 saturated carbocycles. The minimum absolute atomic E-state index is 0.116. The van der Waals surface area contributed by atoms with Gasteiger partial charge in [0.1, 0.15) is 5.82 Å². The van der Waals surface area contributed by atoms with Crippen molar-refractivity contribution in [3.05, 3.63) is 99.0 Å². The number of rotatable bonds is 4. The van der Waals surface area contributed by atoms with E-state index in [1.807, 2.05) is 48.5 Å². The summed E-state index contributed by atoms with van der Waals surface area (Å²) in [5.74, 6) is 1.02. The zero-order chi connectivity index (χ0) is 20.5. The lowest BCUT2D eigenvalue weighted by Gasteiger charge is -2.32. The van der Waals surface area contributed by atoms with Gasteiger partial charge >= 0.3 is 0 Å². The number of fused-ring (bicyclic) bond motifs is 1. The Bertz CT molecular complexity index is 1190. The first-order valence-electron chi connectivity index (χ1n) is 10.1. The van der Waals surface area contributed by atoms with Gasteiger partial charge < -0.3 is 10.3 Å². The van der Waals surface area contributed by atoms with Crippen LogP contribution in [0.5, 0.6) is 0 Å². The first kappa shape index (κ1) is 18.9. The normalized spacial score (nSPS) is 17.9. The monoisotopic (exact) mass is 415 g/mol. The number of nitrogens with zero attached hydrogens (tertiary/aromatic N) is 1. The number of hydrogen-bond acceptors (Lipinski definition) is 5. The van der Waals surface area contributed by atoms with Gasteiger partial charge in [-0.25, -0.2) is 4.98 Å². The third-order valence-electron chi connectivity index (χ3n) is 5.59. The molecule has 30 heavy (non-hydrogen) atoms. The molecule has 1 aliphatic carbocycles. The van der Waals surface area contributed by atoms with Gasteiger partial charge in [-0.1, -0.05) is 72.4 Å². The first-order chi connectivity index (χ1) is 14.7. The molecule has 0 amide bonds. The maximum Gasteiger partial charge on any atom is 0.257 e. The van der Waals surface area contributed by atoms with Gasteiger partial charge in [0, 0.05) is 29.4 Å². The predicted octanol–water partition coefficient (Wildman–Crippen LogP) is 4.63. The summed E-state index contributed by atoms with van der Waals surface area (Å²) in [6.45, 7) is 0. The topological polar surface area (TPSA) is 74.8 Å². The molecule has 5 rings (SSSR count). The lowest BCUT2D eigenvalue weighted by Crippen LogP contribution is -2.32. The van der Waals surface area contributed by atoms with Crippen molar-refractivity contribution in [3.63, 3.8) is 0 Å². The van der Waals surface area contributed by atoms with Gasteiger partial charge in [0.15, 0.2) is 10.9 Å². The molecule has 5 nitrogen and oxygen atoms in total. The highest BCUT2D eigenvalue weighted by molar-refractivity contribution is 7.98. The molecule has 3 aromatic rings. The summed E-state index contributed by atoms with van der Waals surface area (Å²) in [6.07, 6.45) is 2.14. The fraction of sp³-hybridized carbons (Fsp3) is 0.208. The van der Waals surface area contributed by atoms with Crippen LogP contribution in [-0.4, -0.2) is 15.8 Å². The van der Waals surface area contributed by atoms with Gasteiger partial charge in [-0.2, -0.15) is 0 Å². The van der Waals surface area contributed by atoms with E-state index in [0.717, 1.165) is 35.4 Å². The van der Waals surface area contributed by atoms with Crippen molar-refractivity contribution >= 4 is 23.4 Å². The van der Waals surface area contributed by atoms with Crippen molar-refractivity contribution in [3.8, 4) is 0 Å². The van der Waals surface area contributed by atoms with Crippen LogP contribution in [0.2, 0.25) is 0 Å². The Morgan fingerprint density at radius 3 is 2.47 bits per heavy atom. The summed E-state index contributed by atoms with van der Waals surface area (Å²) in [5, 5.41) is 3.90. The predicted molar refractivity (Wildman–Crippen MR) is 119 cm³/mol. The van der Waals surface area contributed by atoms with Gasteiger partial charge in [0.2, 0.25) is 0 Å². The summed E-state index contributed by atoms with van der Waals surface area (Å²) in [7, 11) is 0. The van der Waals surface area contributed by atoms with Crippen LogP contribution >= 0.6 is 11.8 Å². The molecule has 2 aromatic carbocycles. The van der Waals surface area contributed by atoms with Gasteiger partial charge in [-0.3, -0.25) is 9.59 Å². The lowest BCUT2D eigenvalue weighted by atomic mass is 9.76. The van der Waals surface area contributed by atoms with Crippen LogP contribution in [0.1, 0.15) is 41.9 Å². The number of carbonyl (C=O) groups excluding carboxylic acids is 1. The highest BCUT2D eigenvalue weighted by Crippen LogP contribution is 2.43. The Hall–Kier alpha value is -3.12. The number of allylic oxidation sites excluding steroid dienone is 2. The zero-order valence-corrected chi connectivity index (χ0v) is 17.2. The van der Waals surface area contributed by atoms with Crippen molar-refractivity contribution in [1.29, 1.82) is 0 Å². The summed E-state index contributed by atoms with van der Waals surface area (Å²) < 4.78 is 0. The summed E-state index contributed by atoms with van der Waals surface area (Å²) >= 11 is 1.50. The van der Waals surface area contributed by atoms with Gasteiger partial charge in [0.05, 0.1) is 5.56 Å². The molecule has 0 fully saturated rings. The van der Waals surface area contributed by atoms with E-state index in [-0.39, 0.29) is 17.3 Å². The molecule has 2 heterocycles. The van der Waals surface area contributed by atoms with Crippen molar-refractivity contribution < 1.29 is 4.79 Å². The second-order valence-electron chi connectivity index (χ2n) is 7.55. The number of aromatic nitrogens is 2. The van der Waals surface area contributed by atoms with E-state index in [4.69, 9.17) is 4.98 Å². The number of hydrogen-bond donors (Lipinski definition) is 2. The van der Waals surface area contributed by atoms with E-state index >= 15 is 0 Å². The molecular weight excluding hydrogens is 394 g/mol. The third-order valence-corrected chi connectivity index (χ3v) is 6.53. The number of carbonyl (C=O) groups is 1. The maximum atomic E-state index is 13.2. The molecule has 2 aliphatic rings. The molecule has 1 aliphatic heterocycles. The summed E-state index contributed by atoms with van der Waals surface area (Å²) in [6, 6.07) is 19.9. The van der Waals surface area contributed by atoms with Crippen molar-refractivity contribution in [2.75, 3.05) is 5.32 Å². The quantitative estimate of drug-likeness (QED) is 0.480. The van der Waals surface area contributed by atoms with Crippen LogP contribution in [-0.2, 0) is 10.5 Å². The van der Waals surface area contributed by atoms with Gasteiger partial charge in [0.25, 0.3) is 5.56 Å². The Labute approximate surface area is 178 Å². The van der Waals surface area contributed by atoms with Crippen LogP contribution in [0.3, 0.4) is 0 Å². The molecule has 1 atom stereocenters. The number of H-pyrrole nitrogens is 1. The standard InChI is InChI=1S/C24H21N3O2S/c28-18-13-7-12-17-20(18)19(16-10-5-2-6-11-16)21-22(25-17)26-24(27-23(21)29)30-14-15-8-3-1-4-9-15/h1-6,8-11,19H,7,12-14H2,(H2,25,26,27,29)/t19-/m0/s1. The number of nitrogens with one attached hydrogen (secondary N) is 2. The highest BCUT2D eigenvalue weighted by atomic mass is 32.2. The molecule has 6 heteroatoms. The fourth-order valence-corrected chi connectivity index (χ4v) is 5.03. The fourth-order valence-electron chi connectivity index (χ4n) is 4.21. The van der Waals surface area contributed by atoms with E-state index in [1.54, 1.807) is 0 Å². The number of anilines is 1. The molecule has 0 radical (unpaired) electrons. The SMILES string of the molecule is O=C1CCCC2=C1[C@H](c1ccccc1)c1c(nc(SCc3ccccc3)[nH]c1=O)N2. The van der Waals surface area contributed by atoms with Crippen LogP contribution in [0.15, 0.2) is 81.9 Å². The highest BCUT2D eigenvalue weighted by Gasteiger charge is 2.37. The average Bonchev–Trinajstić information content (AvgIpc) is 2.78. The van der Waals surface area contributed by atoms with Crippen LogP contribution in [0.4, 0.5) is 5.82 Å². The van der Waals surface area contributed by atoms with E-state index in [1.165, 1.54) is 17.3 Å². The molecular formula is C24H21N3O2S. The average molecular weight is 416 g/mol.